The average Bonchev–Trinajstić information content (AvgIpc) is 2.74. The molecule has 3 nitrogen and oxygen atoms in total. The fraction of sp³-hybridized carbons (Fsp3) is 0.455. The van der Waals surface area contributed by atoms with E-state index in [1.807, 2.05) is 6.07 Å². The molecule has 0 aromatic carbocycles. The molecule has 0 aliphatic heterocycles. The first-order valence-corrected chi connectivity index (χ1v) is 4.80. The predicted octanol–water partition coefficient (Wildman–Crippen LogP) is 1.13. The van der Waals surface area contributed by atoms with Crippen LogP contribution in [0.5, 0.6) is 0 Å². The van der Waals surface area contributed by atoms with E-state index in [1.165, 1.54) is 6.42 Å². The summed E-state index contributed by atoms with van der Waals surface area (Å²) in [7, 11) is 0. The van der Waals surface area contributed by atoms with E-state index < -0.39 is 5.91 Å². The van der Waals surface area contributed by atoms with Gasteiger partial charge in [0.05, 0.1) is 0 Å². The molecule has 0 spiro atoms. The lowest BCUT2D eigenvalue weighted by Crippen LogP contribution is -2.15. The zero-order valence-electron chi connectivity index (χ0n) is 7.81. The maximum atomic E-state index is 10.8. The predicted molar refractivity (Wildman–Crippen MR) is 51.7 cm³/mol. The highest BCUT2D eigenvalue weighted by Crippen LogP contribution is 2.44. The van der Waals surface area contributed by atoms with Crippen molar-refractivity contribution >= 4 is 5.91 Å². The standard InChI is InChI=1S/C11H12N2O/c12-6-10(11(13)14)5-9-4-7-1-2-8(9)3-7/h1-2,5,7-9H,3-4H2,(H2,13,14). The zero-order valence-corrected chi connectivity index (χ0v) is 7.81. The van der Waals surface area contributed by atoms with Crippen LogP contribution in [0.3, 0.4) is 0 Å². The first kappa shape index (κ1) is 9.01. The Morgan fingerprint density at radius 3 is 2.71 bits per heavy atom. The number of carbonyl (C=O) groups excluding carboxylic acids is 1. The van der Waals surface area contributed by atoms with Crippen molar-refractivity contribution in [2.24, 2.45) is 23.5 Å². The van der Waals surface area contributed by atoms with E-state index in [2.05, 4.69) is 12.2 Å². The number of primary amides is 1. The molecule has 3 heteroatoms. The highest BCUT2D eigenvalue weighted by atomic mass is 16.1. The summed E-state index contributed by atoms with van der Waals surface area (Å²) in [6.45, 7) is 0. The molecule has 2 aliphatic carbocycles. The summed E-state index contributed by atoms with van der Waals surface area (Å²) in [6.07, 6.45) is 8.38. The summed E-state index contributed by atoms with van der Waals surface area (Å²) in [5.41, 5.74) is 5.18. The molecule has 2 N–H and O–H groups in total. The van der Waals surface area contributed by atoms with E-state index in [0.717, 1.165) is 6.42 Å². The van der Waals surface area contributed by atoms with Gasteiger partial charge in [0.25, 0.3) is 5.91 Å². The van der Waals surface area contributed by atoms with Crippen molar-refractivity contribution in [2.75, 3.05) is 0 Å². The number of nitrogens with zero attached hydrogens (tertiary/aromatic N) is 1. The molecular formula is C11H12N2O. The van der Waals surface area contributed by atoms with E-state index in [9.17, 15) is 4.79 Å². The van der Waals surface area contributed by atoms with Gasteiger partial charge in [-0.05, 0) is 30.6 Å². The van der Waals surface area contributed by atoms with Crippen LogP contribution in [-0.2, 0) is 4.79 Å². The first-order valence-electron chi connectivity index (χ1n) is 4.80. The lowest BCUT2D eigenvalue weighted by Gasteiger charge is -2.13. The molecule has 1 fully saturated rings. The summed E-state index contributed by atoms with van der Waals surface area (Å²) < 4.78 is 0. The Bertz CT molecular complexity index is 362. The van der Waals surface area contributed by atoms with Crippen LogP contribution in [-0.4, -0.2) is 5.91 Å². The minimum absolute atomic E-state index is 0.107. The van der Waals surface area contributed by atoms with Crippen LogP contribution in [0.25, 0.3) is 0 Å². The molecule has 14 heavy (non-hydrogen) atoms. The number of carbonyl (C=O) groups is 1. The quantitative estimate of drug-likeness (QED) is 0.401. The third-order valence-corrected chi connectivity index (χ3v) is 3.10. The fourth-order valence-electron chi connectivity index (χ4n) is 2.40. The summed E-state index contributed by atoms with van der Waals surface area (Å²) in [4.78, 5) is 10.8. The van der Waals surface area contributed by atoms with Gasteiger partial charge >= 0.3 is 0 Å². The van der Waals surface area contributed by atoms with Crippen LogP contribution in [0.15, 0.2) is 23.8 Å². The van der Waals surface area contributed by atoms with Gasteiger partial charge in [-0.25, -0.2) is 0 Å². The monoisotopic (exact) mass is 188 g/mol. The number of rotatable bonds is 2. The number of nitrogens with two attached hydrogens (primary N) is 1. The Morgan fingerprint density at radius 1 is 1.50 bits per heavy atom. The minimum Gasteiger partial charge on any atom is -0.365 e. The second-order valence-electron chi connectivity index (χ2n) is 4.00. The molecule has 1 amide bonds. The molecule has 3 unspecified atom stereocenters. The Morgan fingerprint density at radius 2 is 2.29 bits per heavy atom. The summed E-state index contributed by atoms with van der Waals surface area (Å²) in [5, 5.41) is 8.69. The Balaban J connectivity index is 2.15. The van der Waals surface area contributed by atoms with E-state index in [0.29, 0.717) is 17.8 Å². The first-order chi connectivity index (χ1) is 6.70. The number of hydrogen-bond donors (Lipinski definition) is 1. The van der Waals surface area contributed by atoms with Gasteiger partial charge in [0.2, 0.25) is 0 Å². The minimum atomic E-state index is -0.612. The molecule has 0 radical (unpaired) electrons. The van der Waals surface area contributed by atoms with E-state index in [4.69, 9.17) is 11.0 Å². The largest absolute Gasteiger partial charge is 0.365 e. The van der Waals surface area contributed by atoms with Gasteiger partial charge in [-0.3, -0.25) is 4.79 Å². The topological polar surface area (TPSA) is 66.9 Å². The van der Waals surface area contributed by atoms with Gasteiger partial charge in [0, 0.05) is 0 Å². The third kappa shape index (κ3) is 1.44. The molecule has 0 aromatic rings. The number of nitriles is 1. The summed E-state index contributed by atoms with van der Waals surface area (Å²) in [5.74, 6) is 0.892. The van der Waals surface area contributed by atoms with Crippen molar-refractivity contribution in [3.8, 4) is 6.07 Å². The highest BCUT2D eigenvalue weighted by Gasteiger charge is 2.34. The van der Waals surface area contributed by atoms with Gasteiger partial charge in [0.15, 0.2) is 0 Å². The van der Waals surface area contributed by atoms with Gasteiger partial charge in [-0.2, -0.15) is 5.26 Å². The normalized spacial score (nSPS) is 34.5. The van der Waals surface area contributed by atoms with Crippen molar-refractivity contribution in [2.45, 2.75) is 12.8 Å². The summed E-state index contributed by atoms with van der Waals surface area (Å²) in [6, 6.07) is 1.85. The Labute approximate surface area is 82.9 Å². The second kappa shape index (κ2) is 3.30. The third-order valence-electron chi connectivity index (χ3n) is 3.10. The zero-order chi connectivity index (χ0) is 10.1. The molecule has 3 atom stereocenters. The SMILES string of the molecule is N#CC(=CC1CC2C=CC1C2)C(N)=O. The van der Waals surface area contributed by atoms with Crippen LogP contribution in [0.1, 0.15) is 12.8 Å². The van der Waals surface area contributed by atoms with E-state index >= 15 is 0 Å². The van der Waals surface area contributed by atoms with Gasteiger partial charge in [-0.1, -0.05) is 18.2 Å². The molecule has 2 rings (SSSR count). The van der Waals surface area contributed by atoms with Gasteiger partial charge in [-0.15, -0.1) is 0 Å². The lowest BCUT2D eigenvalue weighted by atomic mass is 9.91. The van der Waals surface area contributed by atoms with Gasteiger partial charge < -0.3 is 5.73 Å². The molecular weight excluding hydrogens is 176 g/mol. The Hall–Kier alpha value is -1.56. The van der Waals surface area contributed by atoms with Crippen molar-refractivity contribution in [3.63, 3.8) is 0 Å². The van der Waals surface area contributed by atoms with Crippen LogP contribution in [0.4, 0.5) is 0 Å². The molecule has 0 saturated heterocycles. The van der Waals surface area contributed by atoms with Crippen LogP contribution in [0.2, 0.25) is 0 Å². The molecule has 72 valence electrons. The molecule has 0 aromatic heterocycles. The molecule has 2 aliphatic rings. The Kier molecular flexibility index (Phi) is 2.12. The number of fused-ring (bicyclic) bond motifs is 2. The van der Waals surface area contributed by atoms with Crippen molar-refractivity contribution in [1.29, 1.82) is 5.26 Å². The number of allylic oxidation sites excluding steroid dienone is 3. The molecule has 1 saturated carbocycles. The second-order valence-corrected chi connectivity index (χ2v) is 4.00. The maximum absolute atomic E-state index is 10.8. The molecule has 0 heterocycles. The molecule has 2 bridgehead atoms. The van der Waals surface area contributed by atoms with Crippen LogP contribution >= 0.6 is 0 Å². The summed E-state index contributed by atoms with van der Waals surface area (Å²) >= 11 is 0. The number of amides is 1. The highest BCUT2D eigenvalue weighted by molar-refractivity contribution is 5.95. The van der Waals surface area contributed by atoms with Crippen molar-refractivity contribution in [1.82, 2.24) is 0 Å². The lowest BCUT2D eigenvalue weighted by molar-refractivity contribution is -0.114. The average molecular weight is 188 g/mol. The van der Waals surface area contributed by atoms with Crippen molar-refractivity contribution in [3.05, 3.63) is 23.8 Å². The smallest absolute Gasteiger partial charge is 0.259 e. The van der Waals surface area contributed by atoms with E-state index in [-0.39, 0.29) is 5.57 Å². The van der Waals surface area contributed by atoms with Crippen LogP contribution < -0.4 is 5.73 Å². The maximum Gasteiger partial charge on any atom is 0.259 e. The van der Waals surface area contributed by atoms with Crippen molar-refractivity contribution < 1.29 is 4.79 Å². The fourth-order valence-corrected chi connectivity index (χ4v) is 2.40. The van der Waals surface area contributed by atoms with Gasteiger partial charge in [0.1, 0.15) is 11.6 Å². The number of hydrogen-bond acceptors (Lipinski definition) is 2. The van der Waals surface area contributed by atoms with Crippen LogP contribution in [0, 0.1) is 29.1 Å². The van der Waals surface area contributed by atoms with E-state index in [1.54, 1.807) is 6.08 Å².